The van der Waals surface area contributed by atoms with Crippen LogP contribution in [0.2, 0.25) is 0 Å². The van der Waals surface area contributed by atoms with Crippen LogP contribution in [0.25, 0.3) is 0 Å². The molecular weight excluding hydrogens is 255 g/mol. The number of aromatic nitrogens is 2. The summed E-state index contributed by atoms with van der Waals surface area (Å²) >= 11 is 0. The summed E-state index contributed by atoms with van der Waals surface area (Å²) < 4.78 is 13.2. The molecule has 4 nitrogen and oxygen atoms in total. The summed E-state index contributed by atoms with van der Waals surface area (Å²) in [4.78, 5) is 10.5. The molecule has 0 radical (unpaired) electrons. The predicted molar refractivity (Wildman–Crippen MR) is 78.5 cm³/mol. The third kappa shape index (κ3) is 3.74. The van der Waals surface area contributed by atoms with Crippen LogP contribution < -0.4 is 10.2 Å². The average Bonchev–Trinajstić information content (AvgIpc) is 2.47. The topological polar surface area (TPSA) is 41.1 Å². The van der Waals surface area contributed by atoms with Crippen LogP contribution in [0.4, 0.5) is 15.9 Å². The first-order valence-corrected chi connectivity index (χ1v) is 6.71. The van der Waals surface area contributed by atoms with Gasteiger partial charge in [-0.3, -0.25) is 4.98 Å². The molecule has 1 N–H and O–H groups in total. The zero-order valence-corrected chi connectivity index (χ0v) is 11.8. The lowest BCUT2D eigenvalue weighted by Crippen LogP contribution is -2.16. The van der Waals surface area contributed by atoms with Crippen LogP contribution in [-0.2, 0) is 6.54 Å². The maximum absolute atomic E-state index is 13.2. The van der Waals surface area contributed by atoms with Crippen LogP contribution in [0.15, 0.2) is 36.7 Å². The molecule has 106 valence electrons. The van der Waals surface area contributed by atoms with Gasteiger partial charge in [-0.25, -0.2) is 9.37 Å². The minimum Gasteiger partial charge on any atom is -0.328 e. The molecule has 5 heteroatoms. The van der Waals surface area contributed by atoms with E-state index in [1.54, 1.807) is 23.4 Å². The molecule has 0 spiro atoms. The summed E-state index contributed by atoms with van der Waals surface area (Å²) in [6, 6.07) is 6.41. The van der Waals surface area contributed by atoms with Crippen molar-refractivity contribution in [2.45, 2.75) is 19.9 Å². The fourth-order valence-electron chi connectivity index (χ4n) is 1.82. The van der Waals surface area contributed by atoms with Crippen molar-refractivity contribution in [3.63, 3.8) is 0 Å². The van der Waals surface area contributed by atoms with Gasteiger partial charge in [-0.15, -0.1) is 0 Å². The second kappa shape index (κ2) is 6.96. The molecule has 0 atom stereocenters. The fourth-order valence-corrected chi connectivity index (χ4v) is 1.82. The van der Waals surface area contributed by atoms with Crippen molar-refractivity contribution in [3.8, 4) is 0 Å². The Morgan fingerprint density at radius 1 is 1.25 bits per heavy atom. The second-order valence-corrected chi connectivity index (χ2v) is 4.58. The Hall–Kier alpha value is -2.01. The summed E-state index contributed by atoms with van der Waals surface area (Å²) in [7, 11) is 1.84. The number of anilines is 2. The monoisotopic (exact) mass is 274 g/mol. The summed E-state index contributed by atoms with van der Waals surface area (Å²) in [5.74, 6) is 0.428. The van der Waals surface area contributed by atoms with Crippen molar-refractivity contribution in [2.75, 3.05) is 18.5 Å². The molecule has 0 aliphatic heterocycles. The average molecular weight is 274 g/mol. The first kappa shape index (κ1) is 14.4. The lowest BCUT2D eigenvalue weighted by molar-refractivity contribution is 0.628. The highest BCUT2D eigenvalue weighted by molar-refractivity contribution is 5.58. The fraction of sp³-hybridized carbons (Fsp3) is 0.333. The molecule has 0 bridgehead atoms. The van der Waals surface area contributed by atoms with Gasteiger partial charge >= 0.3 is 0 Å². The molecule has 0 aliphatic carbocycles. The van der Waals surface area contributed by atoms with E-state index in [1.807, 2.05) is 13.1 Å². The van der Waals surface area contributed by atoms with E-state index >= 15 is 0 Å². The molecule has 0 unspecified atom stereocenters. The molecule has 1 aromatic heterocycles. The lowest BCUT2D eigenvalue weighted by atomic mass is 10.3. The van der Waals surface area contributed by atoms with Gasteiger partial charge in [0.05, 0.1) is 18.1 Å². The molecular formula is C15H19FN4. The van der Waals surface area contributed by atoms with Crippen molar-refractivity contribution in [1.82, 2.24) is 15.3 Å². The van der Waals surface area contributed by atoms with Crippen molar-refractivity contribution >= 4 is 11.5 Å². The van der Waals surface area contributed by atoms with Gasteiger partial charge in [-0.05, 0) is 31.2 Å². The lowest BCUT2D eigenvalue weighted by Gasteiger charge is -2.18. The Labute approximate surface area is 118 Å². The molecule has 2 rings (SSSR count). The van der Waals surface area contributed by atoms with Gasteiger partial charge in [0, 0.05) is 19.3 Å². The quantitative estimate of drug-likeness (QED) is 0.822. The van der Waals surface area contributed by atoms with Gasteiger partial charge in [-0.1, -0.05) is 13.0 Å². The molecule has 0 saturated carbocycles. The van der Waals surface area contributed by atoms with E-state index in [1.165, 1.54) is 12.1 Å². The SMILES string of the molecule is CCCNCc1cnc(N(C)c2cccc(F)c2)cn1. The minimum absolute atomic E-state index is 0.261. The molecule has 2 aromatic rings. The Kier molecular flexibility index (Phi) is 5.01. The second-order valence-electron chi connectivity index (χ2n) is 4.58. The van der Waals surface area contributed by atoms with Gasteiger partial charge in [0.1, 0.15) is 5.82 Å². The van der Waals surface area contributed by atoms with E-state index < -0.39 is 0 Å². The highest BCUT2D eigenvalue weighted by Gasteiger charge is 2.06. The van der Waals surface area contributed by atoms with Gasteiger partial charge in [0.15, 0.2) is 5.82 Å². The molecule has 0 fully saturated rings. The van der Waals surface area contributed by atoms with Crippen LogP contribution in [0.5, 0.6) is 0 Å². The highest BCUT2D eigenvalue weighted by atomic mass is 19.1. The number of hydrogen-bond acceptors (Lipinski definition) is 4. The van der Waals surface area contributed by atoms with Crippen LogP contribution in [0.1, 0.15) is 19.0 Å². The third-order valence-electron chi connectivity index (χ3n) is 2.96. The molecule has 20 heavy (non-hydrogen) atoms. The smallest absolute Gasteiger partial charge is 0.151 e. The van der Waals surface area contributed by atoms with E-state index in [0.717, 1.165) is 24.3 Å². The minimum atomic E-state index is -0.261. The molecule has 0 saturated heterocycles. The van der Waals surface area contributed by atoms with Crippen LogP contribution in [0.3, 0.4) is 0 Å². The molecule has 0 aliphatic rings. The Bertz CT molecular complexity index is 542. The Morgan fingerprint density at radius 2 is 2.10 bits per heavy atom. The summed E-state index contributed by atoms with van der Waals surface area (Å²) in [6.45, 7) is 3.80. The van der Waals surface area contributed by atoms with E-state index in [0.29, 0.717) is 12.4 Å². The van der Waals surface area contributed by atoms with Crippen LogP contribution >= 0.6 is 0 Å². The maximum atomic E-state index is 13.2. The Balaban J connectivity index is 2.05. The summed E-state index contributed by atoms with van der Waals surface area (Å²) in [5, 5.41) is 3.27. The molecule has 1 aromatic carbocycles. The van der Waals surface area contributed by atoms with Crippen molar-refractivity contribution in [3.05, 3.63) is 48.2 Å². The van der Waals surface area contributed by atoms with Crippen molar-refractivity contribution in [2.24, 2.45) is 0 Å². The molecule has 0 amide bonds. The molecule has 1 heterocycles. The summed E-state index contributed by atoms with van der Waals surface area (Å²) in [6.07, 6.45) is 4.54. The van der Waals surface area contributed by atoms with Crippen molar-refractivity contribution < 1.29 is 4.39 Å². The predicted octanol–water partition coefficient (Wildman–Crippen LogP) is 2.88. The maximum Gasteiger partial charge on any atom is 0.151 e. The van der Waals surface area contributed by atoms with Gasteiger partial charge in [-0.2, -0.15) is 0 Å². The zero-order chi connectivity index (χ0) is 14.4. The van der Waals surface area contributed by atoms with Crippen molar-refractivity contribution in [1.29, 1.82) is 0 Å². The largest absolute Gasteiger partial charge is 0.328 e. The Morgan fingerprint density at radius 3 is 2.75 bits per heavy atom. The number of hydrogen-bond donors (Lipinski definition) is 1. The summed E-state index contributed by atoms with van der Waals surface area (Å²) in [5.41, 5.74) is 1.64. The van der Waals surface area contributed by atoms with Crippen LogP contribution in [0, 0.1) is 5.82 Å². The van der Waals surface area contributed by atoms with E-state index in [2.05, 4.69) is 22.2 Å². The first-order chi connectivity index (χ1) is 9.70. The van der Waals surface area contributed by atoms with E-state index in [9.17, 15) is 4.39 Å². The van der Waals surface area contributed by atoms with E-state index in [4.69, 9.17) is 0 Å². The van der Waals surface area contributed by atoms with Gasteiger partial charge in [0.25, 0.3) is 0 Å². The number of nitrogens with zero attached hydrogens (tertiary/aromatic N) is 3. The number of benzene rings is 1. The highest BCUT2D eigenvalue weighted by Crippen LogP contribution is 2.21. The zero-order valence-electron chi connectivity index (χ0n) is 11.8. The normalized spacial score (nSPS) is 10.6. The third-order valence-corrected chi connectivity index (χ3v) is 2.96. The standard InChI is InChI=1S/C15H19FN4/c1-3-7-17-9-13-10-19-15(11-18-13)20(2)14-6-4-5-12(16)8-14/h4-6,8,10-11,17H,3,7,9H2,1-2H3. The number of nitrogens with one attached hydrogen (secondary N) is 1. The number of halogens is 1. The van der Waals surface area contributed by atoms with E-state index in [-0.39, 0.29) is 5.82 Å². The van der Waals surface area contributed by atoms with Gasteiger partial charge < -0.3 is 10.2 Å². The van der Waals surface area contributed by atoms with Gasteiger partial charge in [0.2, 0.25) is 0 Å². The van der Waals surface area contributed by atoms with Crippen LogP contribution in [-0.4, -0.2) is 23.6 Å². The number of rotatable bonds is 6. The first-order valence-electron chi connectivity index (χ1n) is 6.71.